The van der Waals surface area contributed by atoms with Gasteiger partial charge in [0, 0.05) is 28.6 Å². The smallest absolute Gasteiger partial charge is 0.157 e. The van der Waals surface area contributed by atoms with Crippen molar-refractivity contribution in [2.24, 2.45) is 0 Å². The maximum absolute atomic E-state index is 4.66. The van der Waals surface area contributed by atoms with Crippen molar-refractivity contribution in [2.75, 3.05) is 5.32 Å². The van der Waals surface area contributed by atoms with Gasteiger partial charge in [-0.15, -0.1) is 0 Å². The van der Waals surface area contributed by atoms with Gasteiger partial charge in [0.05, 0.1) is 4.87 Å². The lowest BCUT2D eigenvalue weighted by atomic mass is 9.88. The highest BCUT2D eigenvalue weighted by atomic mass is 32.2. The van der Waals surface area contributed by atoms with Crippen LogP contribution in [0.5, 0.6) is 0 Å². The third kappa shape index (κ3) is 3.09. The van der Waals surface area contributed by atoms with Gasteiger partial charge in [-0.25, -0.2) is 0 Å². The van der Waals surface area contributed by atoms with Crippen LogP contribution in [0.25, 0.3) is 0 Å². The summed E-state index contributed by atoms with van der Waals surface area (Å²) in [7, 11) is 0. The number of allylic oxidation sites excluding steroid dienone is 1. The summed E-state index contributed by atoms with van der Waals surface area (Å²) < 4.78 is 0. The van der Waals surface area contributed by atoms with Crippen molar-refractivity contribution in [3.8, 4) is 0 Å². The molecule has 4 nitrogen and oxygen atoms in total. The standard InChI is InChI=1S/C26H28N4S/c1-18-21-22(20-13-7-3-8-14-20)23-25(27-24(21)29-28-18)30(17-19-11-5-2-6-12-19)26(31-23)15-9-4-10-16-26/h2-3,5-8,11-14,22H,4,9-10,15-17H2,1H3,(H2,27,28,29). The molecule has 1 unspecified atom stereocenters. The van der Waals surface area contributed by atoms with E-state index in [1.54, 1.807) is 0 Å². The first-order valence-corrected chi connectivity index (χ1v) is 12.2. The molecule has 3 aliphatic rings. The molecule has 3 aromatic rings. The minimum absolute atomic E-state index is 0.139. The molecule has 0 bridgehead atoms. The Kier molecular flexibility index (Phi) is 4.60. The van der Waals surface area contributed by atoms with Gasteiger partial charge in [0.2, 0.25) is 0 Å². The average Bonchev–Trinajstić information content (AvgIpc) is 3.32. The maximum Gasteiger partial charge on any atom is 0.157 e. The number of aryl methyl sites for hydroxylation is 1. The number of benzene rings is 2. The molecule has 1 aliphatic carbocycles. The van der Waals surface area contributed by atoms with E-state index in [1.807, 2.05) is 0 Å². The van der Waals surface area contributed by atoms with Gasteiger partial charge >= 0.3 is 0 Å². The second-order valence-corrected chi connectivity index (χ2v) is 10.4. The summed E-state index contributed by atoms with van der Waals surface area (Å²) in [4.78, 5) is 4.27. The Balaban J connectivity index is 1.49. The number of hydrogen-bond acceptors (Lipinski definition) is 4. The minimum atomic E-state index is 0.139. The fraction of sp³-hybridized carbons (Fsp3) is 0.346. The Bertz CT molecular complexity index is 1110. The number of aromatic amines is 1. The Morgan fingerprint density at radius 1 is 1.00 bits per heavy atom. The van der Waals surface area contributed by atoms with E-state index in [0.29, 0.717) is 0 Å². The van der Waals surface area contributed by atoms with Crippen LogP contribution in [-0.4, -0.2) is 20.0 Å². The van der Waals surface area contributed by atoms with Crippen LogP contribution in [0.2, 0.25) is 0 Å². The normalized spacial score (nSPS) is 21.7. The number of hydrogen-bond donors (Lipinski definition) is 2. The summed E-state index contributed by atoms with van der Waals surface area (Å²) >= 11 is 2.13. The Morgan fingerprint density at radius 3 is 2.45 bits per heavy atom. The summed E-state index contributed by atoms with van der Waals surface area (Å²) in [5.74, 6) is 2.48. The number of anilines is 1. The number of nitrogens with zero attached hydrogens (tertiary/aromatic N) is 2. The molecule has 2 aliphatic heterocycles. The molecule has 5 heteroatoms. The Labute approximate surface area is 188 Å². The van der Waals surface area contributed by atoms with Crippen LogP contribution >= 0.6 is 11.8 Å². The maximum atomic E-state index is 4.66. The van der Waals surface area contributed by atoms with Gasteiger partial charge in [0.25, 0.3) is 0 Å². The molecule has 31 heavy (non-hydrogen) atoms. The van der Waals surface area contributed by atoms with Gasteiger partial charge in [-0.05, 0) is 30.9 Å². The first kappa shape index (κ1) is 19.1. The van der Waals surface area contributed by atoms with Crippen molar-refractivity contribution in [1.29, 1.82) is 0 Å². The van der Waals surface area contributed by atoms with Gasteiger partial charge < -0.3 is 10.2 Å². The molecule has 1 atom stereocenters. The van der Waals surface area contributed by atoms with Crippen LogP contribution in [-0.2, 0) is 6.54 Å². The highest BCUT2D eigenvalue weighted by Crippen LogP contribution is 2.61. The number of thioether (sulfide) groups is 1. The number of H-pyrrole nitrogens is 1. The lowest BCUT2D eigenvalue weighted by molar-refractivity contribution is 0.169. The molecule has 158 valence electrons. The fourth-order valence-corrected chi connectivity index (χ4v) is 7.33. The number of aromatic nitrogens is 2. The number of nitrogens with one attached hydrogen (secondary N) is 2. The second-order valence-electron chi connectivity index (χ2n) is 8.97. The average molecular weight is 429 g/mol. The van der Waals surface area contributed by atoms with Crippen LogP contribution in [0, 0.1) is 6.92 Å². The third-order valence-corrected chi connectivity index (χ3v) is 8.69. The fourth-order valence-electron chi connectivity index (χ4n) is 5.53. The van der Waals surface area contributed by atoms with Crippen molar-refractivity contribution in [1.82, 2.24) is 15.1 Å². The largest absolute Gasteiger partial charge is 0.338 e. The summed E-state index contributed by atoms with van der Waals surface area (Å²) in [5.41, 5.74) is 5.17. The monoisotopic (exact) mass is 428 g/mol. The summed E-state index contributed by atoms with van der Waals surface area (Å²) in [6.07, 6.45) is 6.44. The van der Waals surface area contributed by atoms with Crippen molar-refractivity contribution in [3.63, 3.8) is 0 Å². The highest BCUT2D eigenvalue weighted by Gasteiger charge is 2.51. The zero-order valence-electron chi connectivity index (χ0n) is 17.9. The van der Waals surface area contributed by atoms with Crippen LogP contribution < -0.4 is 5.32 Å². The molecular weight excluding hydrogens is 400 g/mol. The van der Waals surface area contributed by atoms with E-state index in [2.05, 4.69) is 99.8 Å². The zero-order valence-corrected chi connectivity index (χ0v) is 18.7. The molecule has 1 fully saturated rings. The summed E-state index contributed by atoms with van der Waals surface area (Å²) in [6.45, 7) is 3.08. The SMILES string of the molecule is Cc1[nH]nc2c1C(c1ccccc1)C1=C(N2)N(Cc2ccccc2)C2(CCCCC2)S1. The summed E-state index contributed by atoms with van der Waals surface area (Å²) in [6, 6.07) is 21.9. The molecule has 0 saturated heterocycles. The predicted octanol–water partition coefficient (Wildman–Crippen LogP) is 6.35. The molecule has 1 aromatic heterocycles. The van der Waals surface area contributed by atoms with E-state index in [9.17, 15) is 0 Å². The number of fused-ring (bicyclic) bond motifs is 1. The van der Waals surface area contributed by atoms with Gasteiger partial charge in [0.15, 0.2) is 5.82 Å². The zero-order chi connectivity index (χ0) is 20.8. The molecular formula is C26H28N4S. The Hall–Kier alpha value is -2.66. The number of rotatable bonds is 3. The molecule has 3 heterocycles. The van der Waals surface area contributed by atoms with Gasteiger partial charge in [-0.2, -0.15) is 5.10 Å². The molecule has 6 rings (SSSR count). The van der Waals surface area contributed by atoms with E-state index >= 15 is 0 Å². The van der Waals surface area contributed by atoms with Gasteiger partial charge in [-0.1, -0.05) is 91.7 Å². The topological polar surface area (TPSA) is 44.0 Å². The summed E-state index contributed by atoms with van der Waals surface area (Å²) in [5, 5.41) is 11.7. The Morgan fingerprint density at radius 2 is 1.71 bits per heavy atom. The first-order chi connectivity index (χ1) is 15.3. The van der Waals surface area contributed by atoms with E-state index < -0.39 is 0 Å². The van der Waals surface area contributed by atoms with Gasteiger partial charge in [0.1, 0.15) is 5.82 Å². The molecule has 2 aromatic carbocycles. The lowest BCUT2D eigenvalue weighted by Crippen LogP contribution is -2.44. The molecule has 2 N–H and O–H groups in total. The van der Waals surface area contributed by atoms with E-state index in [0.717, 1.165) is 18.1 Å². The van der Waals surface area contributed by atoms with Crippen LogP contribution in [0.3, 0.4) is 0 Å². The predicted molar refractivity (Wildman–Crippen MR) is 128 cm³/mol. The van der Waals surface area contributed by atoms with E-state index in [-0.39, 0.29) is 10.8 Å². The van der Waals surface area contributed by atoms with Crippen molar-refractivity contribution in [2.45, 2.75) is 56.4 Å². The molecule has 1 saturated carbocycles. The van der Waals surface area contributed by atoms with Gasteiger partial charge in [-0.3, -0.25) is 5.10 Å². The molecule has 0 radical (unpaired) electrons. The quantitative estimate of drug-likeness (QED) is 0.510. The van der Waals surface area contributed by atoms with E-state index in [4.69, 9.17) is 0 Å². The van der Waals surface area contributed by atoms with Crippen LogP contribution in [0.4, 0.5) is 5.82 Å². The van der Waals surface area contributed by atoms with E-state index in [1.165, 1.54) is 59.5 Å². The van der Waals surface area contributed by atoms with Crippen molar-refractivity contribution < 1.29 is 0 Å². The second kappa shape index (κ2) is 7.49. The minimum Gasteiger partial charge on any atom is -0.338 e. The van der Waals surface area contributed by atoms with Crippen LogP contribution in [0.1, 0.15) is 60.4 Å². The first-order valence-electron chi connectivity index (χ1n) is 11.4. The molecule has 0 amide bonds. The third-order valence-electron chi connectivity index (χ3n) is 7.03. The molecule has 1 spiro atoms. The highest BCUT2D eigenvalue weighted by molar-refractivity contribution is 8.04. The van der Waals surface area contributed by atoms with Crippen molar-refractivity contribution >= 4 is 17.6 Å². The lowest BCUT2D eigenvalue weighted by Gasteiger charge is -2.43. The van der Waals surface area contributed by atoms with Crippen molar-refractivity contribution in [3.05, 3.63) is 93.8 Å². The van der Waals surface area contributed by atoms with Crippen LogP contribution in [0.15, 0.2) is 71.4 Å².